The number of ether oxygens (including phenoxy) is 2. The van der Waals surface area contributed by atoms with E-state index in [0.29, 0.717) is 6.42 Å². The lowest BCUT2D eigenvalue weighted by Gasteiger charge is -2.27. The third-order valence-corrected chi connectivity index (χ3v) is 4.73. The summed E-state index contributed by atoms with van der Waals surface area (Å²) in [7, 11) is 0. The molecule has 0 bridgehead atoms. The number of carbonyl (C=O) groups excluding carboxylic acids is 2. The zero-order valence-electron chi connectivity index (χ0n) is 15.2. The van der Waals surface area contributed by atoms with Crippen molar-refractivity contribution in [2.75, 3.05) is 13.2 Å². The highest BCUT2D eigenvalue weighted by Gasteiger charge is 2.44. The van der Waals surface area contributed by atoms with E-state index in [4.69, 9.17) is 14.6 Å². The highest BCUT2D eigenvalue weighted by molar-refractivity contribution is 5.92. The molecule has 1 saturated heterocycles. The monoisotopic (exact) mass is 362 g/mol. The maximum Gasteiger partial charge on any atom is 0.334 e. The fraction of sp³-hybridized carbons (Fsp3) is 0.500. The van der Waals surface area contributed by atoms with Crippen molar-refractivity contribution in [3.8, 4) is 0 Å². The minimum Gasteiger partial charge on any atom is -0.458 e. The van der Waals surface area contributed by atoms with Crippen molar-refractivity contribution in [1.82, 2.24) is 0 Å². The molecule has 3 atom stereocenters. The number of esters is 2. The first kappa shape index (κ1) is 20.1. The highest BCUT2D eigenvalue weighted by atomic mass is 16.6. The fourth-order valence-corrected chi connectivity index (χ4v) is 3.21. The van der Waals surface area contributed by atoms with Crippen LogP contribution in [-0.4, -0.2) is 47.6 Å². The predicted octanol–water partition coefficient (Wildman–Crippen LogP) is 1.98. The smallest absolute Gasteiger partial charge is 0.334 e. The number of hydrogen-bond donors (Lipinski definition) is 2. The van der Waals surface area contributed by atoms with E-state index >= 15 is 0 Å². The van der Waals surface area contributed by atoms with Gasteiger partial charge in [0.15, 0.2) is 0 Å². The van der Waals surface area contributed by atoms with E-state index in [0.717, 1.165) is 24.0 Å². The molecule has 0 aromatic rings. The normalized spacial score (nSPS) is 27.2. The van der Waals surface area contributed by atoms with Crippen LogP contribution in [0.3, 0.4) is 0 Å². The molecule has 1 fully saturated rings. The van der Waals surface area contributed by atoms with Crippen molar-refractivity contribution in [3.63, 3.8) is 0 Å². The summed E-state index contributed by atoms with van der Waals surface area (Å²) in [5, 5.41) is 18.6. The van der Waals surface area contributed by atoms with E-state index in [1.807, 2.05) is 19.1 Å². The Morgan fingerprint density at radius 1 is 1.46 bits per heavy atom. The molecule has 142 valence electrons. The first-order chi connectivity index (χ1) is 12.4. The molecule has 26 heavy (non-hydrogen) atoms. The summed E-state index contributed by atoms with van der Waals surface area (Å²) in [5.74, 6) is -1.59. The average molecular weight is 362 g/mol. The first-order valence-corrected chi connectivity index (χ1v) is 8.71. The second-order valence-electron chi connectivity index (χ2n) is 6.71. The van der Waals surface area contributed by atoms with Crippen LogP contribution < -0.4 is 0 Å². The Balaban J connectivity index is 2.39. The second kappa shape index (κ2) is 8.96. The molecule has 2 rings (SSSR count). The lowest BCUT2D eigenvalue weighted by Crippen LogP contribution is -2.34. The zero-order valence-corrected chi connectivity index (χ0v) is 15.2. The van der Waals surface area contributed by atoms with Gasteiger partial charge in [-0.3, -0.25) is 0 Å². The molecular weight excluding hydrogens is 336 g/mol. The fourth-order valence-electron chi connectivity index (χ4n) is 3.21. The van der Waals surface area contributed by atoms with Crippen molar-refractivity contribution in [2.24, 2.45) is 5.92 Å². The third kappa shape index (κ3) is 4.71. The van der Waals surface area contributed by atoms with Gasteiger partial charge in [0, 0.05) is 17.6 Å². The Morgan fingerprint density at radius 3 is 2.85 bits per heavy atom. The summed E-state index contributed by atoms with van der Waals surface area (Å²) >= 11 is 0. The standard InChI is InChI=1S/C20H26O6/c1-12-5-4-6-15(11-22)10-17(25-19(23)13(2)7-8-21)18-14(3)20(24)26-16(18)9-12/h6-7,9,16-18,21-22H,3-5,8,10-11H2,1-2H3. The summed E-state index contributed by atoms with van der Waals surface area (Å²) in [5.41, 5.74) is 2.34. The van der Waals surface area contributed by atoms with Gasteiger partial charge in [-0.05, 0) is 44.4 Å². The second-order valence-corrected chi connectivity index (χ2v) is 6.71. The van der Waals surface area contributed by atoms with E-state index in [1.165, 1.54) is 6.08 Å². The number of aliphatic hydroxyl groups excluding tert-OH is 2. The van der Waals surface area contributed by atoms with Crippen molar-refractivity contribution < 1.29 is 29.3 Å². The average Bonchev–Trinajstić information content (AvgIpc) is 2.86. The van der Waals surface area contributed by atoms with Crippen LogP contribution >= 0.6 is 0 Å². The minimum atomic E-state index is -0.700. The van der Waals surface area contributed by atoms with Gasteiger partial charge < -0.3 is 19.7 Å². The van der Waals surface area contributed by atoms with Gasteiger partial charge in [-0.1, -0.05) is 18.2 Å². The number of carbonyl (C=O) groups is 2. The van der Waals surface area contributed by atoms with E-state index in [-0.39, 0.29) is 24.4 Å². The number of aliphatic hydroxyl groups is 2. The largest absolute Gasteiger partial charge is 0.458 e. The molecule has 2 N–H and O–H groups in total. The van der Waals surface area contributed by atoms with Gasteiger partial charge in [0.1, 0.15) is 12.2 Å². The van der Waals surface area contributed by atoms with Crippen molar-refractivity contribution in [2.45, 2.75) is 45.3 Å². The molecule has 1 aliphatic carbocycles. The summed E-state index contributed by atoms with van der Waals surface area (Å²) in [6.45, 7) is 6.91. The molecule has 6 nitrogen and oxygen atoms in total. The van der Waals surface area contributed by atoms with E-state index in [2.05, 4.69) is 6.58 Å². The summed E-state index contributed by atoms with van der Waals surface area (Å²) in [4.78, 5) is 24.4. The number of rotatable bonds is 4. The lowest BCUT2D eigenvalue weighted by atomic mass is 9.85. The van der Waals surface area contributed by atoms with Gasteiger partial charge in [0.2, 0.25) is 0 Å². The van der Waals surface area contributed by atoms with Crippen LogP contribution in [0.5, 0.6) is 0 Å². The van der Waals surface area contributed by atoms with Crippen LogP contribution in [0.15, 0.2) is 47.1 Å². The van der Waals surface area contributed by atoms with E-state index in [1.54, 1.807) is 6.92 Å². The highest BCUT2D eigenvalue weighted by Crippen LogP contribution is 2.36. The third-order valence-electron chi connectivity index (χ3n) is 4.73. The summed E-state index contributed by atoms with van der Waals surface area (Å²) < 4.78 is 11.1. The van der Waals surface area contributed by atoms with Gasteiger partial charge in [0.25, 0.3) is 0 Å². The topological polar surface area (TPSA) is 93.1 Å². The van der Waals surface area contributed by atoms with Gasteiger partial charge in [-0.15, -0.1) is 0 Å². The Bertz CT molecular complexity index is 670. The molecule has 6 heteroatoms. The van der Waals surface area contributed by atoms with Crippen molar-refractivity contribution >= 4 is 11.9 Å². The molecule has 0 saturated carbocycles. The van der Waals surface area contributed by atoms with Gasteiger partial charge in [-0.2, -0.15) is 0 Å². The number of hydrogen-bond acceptors (Lipinski definition) is 6. The van der Waals surface area contributed by atoms with Gasteiger partial charge >= 0.3 is 11.9 Å². The molecule has 0 spiro atoms. The molecule has 0 aromatic heterocycles. The molecule has 0 amide bonds. The van der Waals surface area contributed by atoms with E-state index in [9.17, 15) is 14.7 Å². The van der Waals surface area contributed by atoms with Gasteiger partial charge in [0.05, 0.1) is 19.1 Å². The van der Waals surface area contributed by atoms with Crippen LogP contribution in [-0.2, 0) is 19.1 Å². The number of allylic oxidation sites excluding steroid dienone is 2. The summed E-state index contributed by atoms with van der Waals surface area (Å²) in [6, 6.07) is 0. The molecule has 0 aromatic carbocycles. The predicted molar refractivity (Wildman–Crippen MR) is 96.0 cm³/mol. The Hall–Kier alpha value is -2.18. The first-order valence-electron chi connectivity index (χ1n) is 8.71. The lowest BCUT2D eigenvalue weighted by molar-refractivity contribution is -0.147. The zero-order chi connectivity index (χ0) is 19.3. The molecule has 3 unspecified atom stereocenters. The van der Waals surface area contributed by atoms with Crippen LogP contribution in [0.4, 0.5) is 0 Å². The maximum atomic E-state index is 12.3. The molecule has 1 heterocycles. The van der Waals surface area contributed by atoms with Crippen LogP contribution in [0, 0.1) is 5.92 Å². The molecule has 0 radical (unpaired) electrons. The van der Waals surface area contributed by atoms with Crippen LogP contribution in [0.2, 0.25) is 0 Å². The Labute approximate surface area is 153 Å². The van der Waals surface area contributed by atoms with Crippen LogP contribution in [0.1, 0.15) is 33.1 Å². The SMILES string of the molecule is C=C1C(=O)OC2C=C(C)CCC=C(CO)CC(OC(=O)C(C)=CCO)C12. The minimum absolute atomic E-state index is 0.152. The quantitative estimate of drug-likeness (QED) is 0.451. The Kier molecular flexibility index (Phi) is 6.94. The van der Waals surface area contributed by atoms with Crippen LogP contribution in [0.25, 0.3) is 0 Å². The molecular formula is C20H26O6. The summed E-state index contributed by atoms with van der Waals surface area (Å²) in [6.07, 6.45) is 5.76. The maximum absolute atomic E-state index is 12.3. The number of fused-ring (bicyclic) bond motifs is 1. The van der Waals surface area contributed by atoms with E-state index < -0.39 is 30.1 Å². The van der Waals surface area contributed by atoms with Gasteiger partial charge in [-0.25, -0.2) is 9.59 Å². The van der Waals surface area contributed by atoms with Crippen molar-refractivity contribution in [3.05, 3.63) is 47.1 Å². The Morgan fingerprint density at radius 2 is 2.19 bits per heavy atom. The molecule has 2 aliphatic rings. The molecule has 1 aliphatic heterocycles. The van der Waals surface area contributed by atoms with Crippen molar-refractivity contribution in [1.29, 1.82) is 0 Å².